The summed E-state index contributed by atoms with van der Waals surface area (Å²) in [7, 11) is 0. The Labute approximate surface area is 115 Å². The van der Waals surface area contributed by atoms with Gasteiger partial charge in [-0.05, 0) is 38.3 Å². The van der Waals surface area contributed by atoms with E-state index in [1.807, 2.05) is 26.1 Å². The van der Waals surface area contributed by atoms with Crippen LogP contribution in [0.25, 0.3) is 0 Å². The second-order valence-corrected chi connectivity index (χ2v) is 5.29. The summed E-state index contributed by atoms with van der Waals surface area (Å²) in [6.45, 7) is 6.77. The fraction of sp³-hybridized carbons (Fsp3) is 0.667. The molecule has 1 aliphatic carbocycles. The SMILES string of the molecule is CC(C)OCCOCc1ccc(CNC2CC2)cn1. The Bertz CT molecular complexity index is 361. The molecule has 1 heterocycles. The third-order valence-corrected chi connectivity index (χ3v) is 2.99. The van der Waals surface area contributed by atoms with Crippen molar-refractivity contribution in [2.24, 2.45) is 0 Å². The van der Waals surface area contributed by atoms with Crippen molar-refractivity contribution in [1.29, 1.82) is 0 Å². The molecule has 1 fully saturated rings. The van der Waals surface area contributed by atoms with Crippen LogP contribution in [0.2, 0.25) is 0 Å². The first kappa shape index (κ1) is 14.4. The normalized spacial score (nSPS) is 15.1. The summed E-state index contributed by atoms with van der Waals surface area (Å²) in [4.78, 5) is 4.40. The molecule has 0 amide bonds. The van der Waals surface area contributed by atoms with Crippen LogP contribution in [0.15, 0.2) is 18.3 Å². The first-order valence-corrected chi connectivity index (χ1v) is 7.10. The topological polar surface area (TPSA) is 43.4 Å². The molecule has 1 saturated carbocycles. The largest absolute Gasteiger partial charge is 0.376 e. The molecule has 0 unspecified atom stereocenters. The van der Waals surface area contributed by atoms with Crippen LogP contribution >= 0.6 is 0 Å². The number of nitrogens with one attached hydrogen (secondary N) is 1. The van der Waals surface area contributed by atoms with Gasteiger partial charge < -0.3 is 14.8 Å². The number of aromatic nitrogens is 1. The van der Waals surface area contributed by atoms with Crippen LogP contribution in [0.5, 0.6) is 0 Å². The molecule has 0 radical (unpaired) electrons. The Hall–Kier alpha value is -0.970. The molecule has 0 saturated heterocycles. The Morgan fingerprint density at radius 1 is 1.32 bits per heavy atom. The standard InChI is InChI=1S/C15H24N2O2/c1-12(2)19-8-7-18-11-15-4-3-13(10-17-15)9-16-14-5-6-14/h3-4,10,12,14,16H,5-9,11H2,1-2H3. The Balaban J connectivity index is 1.60. The molecule has 4 nitrogen and oxygen atoms in total. The van der Waals surface area contributed by atoms with Crippen molar-refractivity contribution in [2.75, 3.05) is 13.2 Å². The van der Waals surface area contributed by atoms with Gasteiger partial charge in [-0.15, -0.1) is 0 Å². The maximum atomic E-state index is 5.52. The van der Waals surface area contributed by atoms with Crippen molar-refractivity contribution in [2.45, 2.75) is 52.0 Å². The lowest BCUT2D eigenvalue weighted by molar-refractivity contribution is 0.0135. The van der Waals surface area contributed by atoms with Gasteiger partial charge in [-0.2, -0.15) is 0 Å². The lowest BCUT2D eigenvalue weighted by atomic mass is 10.2. The van der Waals surface area contributed by atoms with E-state index in [2.05, 4.69) is 16.4 Å². The van der Waals surface area contributed by atoms with Gasteiger partial charge in [0, 0.05) is 18.8 Å². The summed E-state index contributed by atoms with van der Waals surface area (Å²) in [5.74, 6) is 0. The number of hydrogen-bond acceptors (Lipinski definition) is 4. The quantitative estimate of drug-likeness (QED) is 0.695. The average Bonchev–Trinajstić information content (AvgIpc) is 3.21. The van der Waals surface area contributed by atoms with Crippen LogP contribution in [0.1, 0.15) is 37.9 Å². The number of hydrogen-bond donors (Lipinski definition) is 1. The molecule has 2 rings (SSSR count). The minimum atomic E-state index is 0.264. The number of pyridine rings is 1. The maximum Gasteiger partial charge on any atom is 0.0889 e. The molecule has 106 valence electrons. The van der Waals surface area contributed by atoms with Crippen LogP contribution in [-0.2, 0) is 22.6 Å². The summed E-state index contributed by atoms with van der Waals surface area (Å²) < 4.78 is 10.9. The minimum absolute atomic E-state index is 0.264. The van der Waals surface area contributed by atoms with Gasteiger partial charge in [0.1, 0.15) is 0 Å². The van der Waals surface area contributed by atoms with E-state index in [1.165, 1.54) is 18.4 Å². The van der Waals surface area contributed by atoms with E-state index in [9.17, 15) is 0 Å². The van der Waals surface area contributed by atoms with Crippen LogP contribution in [0.3, 0.4) is 0 Å². The third kappa shape index (κ3) is 6.14. The molecule has 1 aliphatic rings. The second-order valence-electron chi connectivity index (χ2n) is 5.29. The van der Waals surface area contributed by atoms with Crippen molar-refractivity contribution in [3.63, 3.8) is 0 Å². The minimum Gasteiger partial charge on any atom is -0.376 e. The highest BCUT2D eigenvalue weighted by Crippen LogP contribution is 2.19. The average molecular weight is 264 g/mol. The smallest absolute Gasteiger partial charge is 0.0889 e. The zero-order valence-electron chi connectivity index (χ0n) is 11.9. The van der Waals surface area contributed by atoms with Crippen LogP contribution in [-0.4, -0.2) is 30.3 Å². The molecule has 0 spiro atoms. The summed E-state index contributed by atoms with van der Waals surface area (Å²) in [6, 6.07) is 4.89. The number of nitrogens with zero attached hydrogens (tertiary/aromatic N) is 1. The van der Waals surface area contributed by atoms with E-state index >= 15 is 0 Å². The Morgan fingerprint density at radius 2 is 2.16 bits per heavy atom. The molecule has 1 aromatic rings. The van der Waals surface area contributed by atoms with Crippen molar-refractivity contribution in [3.05, 3.63) is 29.6 Å². The van der Waals surface area contributed by atoms with Gasteiger partial charge in [0.15, 0.2) is 0 Å². The van der Waals surface area contributed by atoms with Gasteiger partial charge >= 0.3 is 0 Å². The monoisotopic (exact) mass is 264 g/mol. The molecule has 0 aliphatic heterocycles. The van der Waals surface area contributed by atoms with Crippen molar-refractivity contribution < 1.29 is 9.47 Å². The molecule has 1 aromatic heterocycles. The van der Waals surface area contributed by atoms with Crippen LogP contribution < -0.4 is 5.32 Å². The molecule has 4 heteroatoms. The van der Waals surface area contributed by atoms with Crippen LogP contribution in [0, 0.1) is 0 Å². The van der Waals surface area contributed by atoms with Gasteiger partial charge in [-0.1, -0.05) is 6.07 Å². The zero-order valence-corrected chi connectivity index (χ0v) is 11.9. The molecule has 0 atom stereocenters. The van der Waals surface area contributed by atoms with Gasteiger partial charge in [0.2, 0.25) is 0 Å². The third-order valence-electron chi connectivity index (χ3n) is 2.99. The summed E-state index contributed by atoms with van der Waals surface area (Å²) in [5, 5.41) is 3.48. The van der Waals surface area contributed by atoms with Crippen LogP contribution in [0.4, 0.5) is 0 Å². The summed E-state index contributed by atoms with van der Waals surface area (Å²) in [5.41, 5.74) is 2.21. The lowest BCUT2D eigenvalue weighted by Gasteiger charge is -2.08. The van der Waals surface area contributed by atoms with E-state index < -0.39 is 0 Å². The lowest BCUT2D eigenvalue weighted by Crippen LogP contribution is -2.15. The molecular formula is C15H24N2O2. The van der Waals surface area contributed by atoms with Gasteiger partial charge in [0.25, 0.3) is 0 Å². The van der Waals surface area contributed by atoms with Gasteiger partial charge in [-0.3, -0.25) is 4.98 Å². The predicted octanol–water partition coefficient (Wildman–Crippen LogP) is 2.28. The summed E-state index contributed by atoms with van der Waals surface area (Å²) in [6.07, 6.45) is 4.83. The maximum absolute atomic E-state index is 5.52. The zero-order chi connectivity index (χ0) is 13.5. The fourth-order valence-corrected chi connectivity index (χ4v) is 1.71. The second kappa shape index (κ2) is 7.58. The molecule has 0 aromatic carbocycles. The first-order chi connectivity index (χ1) is 9.24. The van der Waals surface area contributed by atoms with Crippen molar-refractivity contribution >= 4 is 0 Å². The number of rotatable bonds is 9. The Kier molecular flexibility index (Phi) is 5.76. The van der Waals surface area contributed by atoms with E-state index in [1.54, 1.807) is 0 Å². The molecule has 19 heavy (non-hydrogen) atoms. The van der Waals surface area contributed by atoms with E-state index in [0.717, 1.165) is 18.3 Å². The summed E-state index contributed by atoms with van der Waals surface area (Å²) >= 11 is 0. The molecular weight excluding hydrogens is 240 g/mol. The first-order valence-electron chi connectivity index (χ1n) is 7.10. The Morgan fingerprint density at radius 3 is 2.79 bits per heavy atom. The number of ether oxygens (including phenoxy) is 2. The highest BCUT2D eigenvalue weighted by molar-refractivity contribution is 5.13. The van der Waals surface area contributed by atoms with Crippen molar-refractivity contribution in [1.82, 2.24) is 10.3 Å². The highest BCUT2D eigenvalue weighted by Gasteiger charge is 2.19. The van der Waals surface area contributed by atoms with E-state index in [-0.39, 0.29) is 6.10 Å². The highest BCUT2D eigenvalue weighted by atomic mass is 16.5. The van der Waals surface area contributed by atoms with E-state index in [4.69, 9.17) is 9.47 Å². The van der Waals surface area contributed by atoms with E-state index in [0.29, 0.717) is 19.8 Å². The fourth-order valence-electron chi connectivity index (χ4n) is 1.71. The van der Waals surface area contributed by atoms with Gasteiger partial charge in [-0.25, -0.2) is 0 Å². The van der Waals surface area contributed by atoms with Gasteiger partial charge in [0.05, 0.1) is 31.6 Å². The molecule has 1 N–H and O–H groups in total. The molecule has 0 bridgehead atoms. The predicted molar refractivity (Wildman–Crippen MR) is 74.8 cm³/mol. The van der Waals surface area contributed by atoms with Crippen molar-refractivity contribution in [3.8, 4) is 0 Å².